The quantitative estimate of drug-likeness (QED) is 0.551. The van der Waals surface area contributed by atoms with Gasteiger partial charge in [-0.2, -0.15) is 0 Å². The van der Waals surface area contributed by atoms with Crippen LogP contribution >= 0.6 is 0 Å². The summed E-state index contributed by atoms with van der Waals surface area (Å²) in [7, 11) is 0. The molecule has 0 unspecified atom stereocenters. The molecule has 98 valence electrons. The largest absolute Gasteiger partial charge is 0.354 e. The van der Waals surface area contributed by atoms with Crippen molar-refractivity contribution in [2.24, 2.45) is 0 Å². The zero-order valence-corrected chi connectivity index (χ0v) is 9.77. The summed E-state index contributed by atoms with van der Waals surface area (Å²) >= 11 is 0. The predicted octanol–water partition coefficient (Wildman–Crippen LogP) is -2.11. The highest BCUT2D eigenvalue weighted by atomic mass is 16.2. The van der Waals surface area contributed by atoms with Crippen LogP contribution in [-0.4, -0.2) is 66.3 Å². The minimum Gasteiger partial charge on any atom is -0.354 e. The minimum atomic E-state index is -0.562. The fraction of sp³-hybridized carbons (Fsp3) is 0.600. The summed E-state index contributed by atoms with van der Waals surface area (Å²) in [5, 5.41) is 4.98. The highest BCUT2D eigenvalue weighted by Crippen LogP contribution is 2.03. The molecule has 0 spiro atoms. The molecule has 0 radical (unpaired) electrons. The Morgan fingerprint density at radius 1 is 1.22 bits per heavy atom. The van der Waals surface area contributed by atoms with Crippen LogP contribution in [0, 0.1) is 0 Å². The van der Waals surface area contributed by atoms with Crippen molar-refractivity contribution < 1.29 is 19.2 Å². The van der Waals surface area contributed by atoms with Gasteiger partial charge in [0.15, 0.2) is 0 Å². The van der Waals surface area contributed by atoms with Gasteiger partial charge in [-0.25, -0.2) is 4.79 Å². The summed E-state index contributed by atoms with van der Waals surface area (Å²) in [6, 6.07) is -0.562. The Labute approximate surface area is 103 Å². The molecule has 0 aliphatic carbocycles. The lowest BCUT2D eigenvalue weighted by atomic mass is 10.3. The number of carbonyl (C=O) groups excluding carboxylic acids is 4. The zero-order valence-electron chi connectivity index (χ0n) is 9.77. The Kier molecular flexibility index (Phi) is 3.45. The second-order valence-electron chi connectivity index (χ2n) is 4.16. The molecule has 2 saturated heterocycles. The second-order valence-corrected chi connectivity index (χ2v) is 4.16. The Morgan fingerprint density at radius 2 is 2.00 bits per heavy atom. The molecule has 0 aromatic heterocycles. The van der Waals surface area contributed by atoms with Gasteiger partial charge in [-0.1, -0.05) is 0 Å². The third-order valence-corrected chi connectivity index (χ3v) is 2.84. The van der Waals surface area contributed by atoms with Crippen LogP contribution in [0.1, 0.15) is 6.42 Å². The van der Waals surface area contributed by atoms with Crippen molar-refractivity contribution in [2.75, 3.05) is 32.7 Å². The summed E-state index contributed by atoms with van der Waals surface area (Å²) in [5.74, 6) is -1.04. The Hall–Kier alpha value is -2.12. The highest BCUT2D eigenvalue weighted by Gasteiger charge is 2.32. The van der Waals surface area contributed by atoms with Gasteiger partial charge in [-0.3, -0.25) is 19.3 Å². The molecule has 0 aromatic rings. The van der Waals surface area contributed by atoms with Crippen molar-refractivity contribution in [3.05, 3.63) is 0 Å². The normalized spacial score (nSPS) is 20.6. The minimum absolute atomic E-state index is 0.0253. The standard InChI is InChI=1S/C10H14N4O4/c15-7-5-13(3-1-2-11-7)9(17)6-14-8(16)4-12-10(14)18/h1-6H2,(H,11,15)(H,12,18). The van der Waals surface area contributed by atoms with E-state index in [1.807, 2.05) is 0 Å². The summed E-state index contributed by atoms with van der Waals surface area (Å²) in [6.07, 6.45) is 0.664. The van der Waals surface area contributed by atoms with Crippen molar-refractivity contribution in [1.82, 2.24) is 20.4 Å². The number of hydrogen-bond donors (Lipinski definition) is 2. The lowest BCUT2D eigenvalue weighted by molar-refractivity contribution is -0.138. The third kappa shape index (κ3) is 2.58. The van der Waals surface area contributed by atoms with Crippen molar-refractivity contribution in [2.45, 2.75) is 6.42 Å². The van der Waals surface area contributed by atoms with E-state index in [0.717, 1.165) is 4.90 Å². The molecule has 0 atom stereocenters. The number of nitrogens with zero attached hydrogens (tertiary/aromatic N) is 2. The van der Waals surface area contributed by atoms with Gasteiger partial charge in [0.25, 0.3) is 5.91 Å². The van der Waals surface area contributed by atoms with E-state index in [1.54, 1.807) is 0 Å². The van der Waals surface area contributed by atoms with Crippen molar-refractivity contribution in [3.8, 4) is 0 Å². The van der Waals surface area contributed by atoms with Crippen LogP contribution in [0.2, 0.25) is 0 Å². The molecule has 0 aromatic carbocycles. The maximum Gasteiger partial charge on any atom is 0.325 e. The molecule has 2 fully saturated rings. The van der Waals surface area contributed by atoms with Crippen molar-refractivity contribution in [1.29, 1.82) is 0 Å². The van der Waals surface area contributed by atoms with Crippen LogP contribution in [0.4, 0.5) is 4.79 Å². The van der Waals surface area contributed by atoms with Crippen molar-refractivity contribution >= 4 is 23.8 Å². The fourth-order valence-corrected chi connectivity index (χ4v) is 1.87. The third-order valence-electron chi connectivity index (χ3n) is 2.84. The summed E-state index contributed by atoms with van der Waals surface area (Å²) in [6.45, 7) is 0.569. The van der Waals surface area contributed by atoms with Crippen LogP contribution in [0.3, 0.4) is 0 Å². The number of amides is 5. The number of imide groups is 1. The van der Waals surface area contributed by atoms with E-state index in [4.69, 9.17) is 0 Å². The van der Waals surface area contributed by atoms with Gasteiger partial charge >= 0.3 is 6.03 Å². The highest BCUT2D eigenvalue weighted by molar-refractivity contribution is 6.04. The van der Waals surface area contributed by atoms with Gasteiger partial charge in [0.1, 0.15) is 6.54 Å². The SMILES string of the molecule is O=C1CN(C(=O)CN2C(=O)CNC2=O)CCCN1. The molecule has 0 saturated carbocycles. The van der Waals surface area contributed by atoms with E-state index in [-0.39, 0.29) is 25.5 Å². The summed E-state index contributed by atoms with van der Waals surface area (Å²) in [4.78, 5) is 48.0. The van der Waals surface area contributed by atoms with Gasteiger partial charge < -0.3 is 15.5 Å². The Bertz CT molecular complexity index is 393. The predicted molar refractivity (Wildman–Crippen MR) is 59.3 cm³/mol. The first-order chi connectivity index (χ1) is 8.58. The van der Waals surface area contributed by atoms with Gasteiger partial charge in [0.05, 0.1) is 13.1 Å². The molecule has 8 nitrogen and oxygen atoms in total. The van der Waals surface area contributed by atoms with Crippen molar-refractivity contribution in [3.63, 3.8) is 0 Å². The molecular formula is C10H14N4O4. The van der Waals surface area contributed by atoms with Crippen LogP contribution in [0.15, 0.2) is 0 Å². The smallest absolute Gasteiger partial charge is 0.325 e. The molecular weight excluding hydrogens is 240 g/mol. The molecule has 2 N–H and O–H groups in total. The van der Waals surface area contributed by atoms with E-state index < -0.39 is 17.8 Å². The van der Waals surface area contributed by atoms with Gasteiger partial charge in [-0.05, 0) is 6.42 Å². The molecule has 2 aliphatic heterocycles. The first-order valence-corrected chi connectivity index (χ1v) is 5.70. The van der Waals surface area contributed by atoms with Crippen LogP contribution in [0.5, 0.6) is 0 Å². The number of carbonyl (C=O) groups is 4. The van der Waals surface area contributed by atoms with E-state index in [1.165, 1.54) is 4.90 Å². The van der Waals surface area contributed by atoms with Crippen LogP contribution in [0.25, 0.3) is 0 Å². The maximum absolute atomic E-state index is 11.9. The molecule has 8 heteroatoms. The Balaban J connectivity index is 1.96. The fourth-order valence-electron chi connectivity index (χ4n) is 1.87. The summed E-state index contributed by atoms with van der Waals surface area (Å²) in [5.41, 5.74) is 0. The molecule has 0 bridgehead atoms. The monoisotopic (exact) mass is 254 g/mol. The average molecular weight is 254 g/mol. The van der Waals surface area contributed by atoms with E-state index in [9.17, 15) is 19.2 Å². The number of urea groups is 1. The first kappa shape index (κ1) is 12.3. The number of nitrogens with one attached hydrogen (secondary N) is 2. The van der Waals surface area contributed by atoms with Gasteiger partial charge in [-0.15, -0.1) is 0 Å². The lowest BCUT2D eigenvalue weighted by Gasteiger charge is -2.21. The molecule has 18 heavy (non-hydrogen) atoms. The van der Waals surface area contributed by atoms with Gasteiger partial charge in [0.2, 0.25) is 11.8 Å². The number of hydrogen-bond acceptors (Lipinski definition) is 4. The molecule has 2 aliphatic rings. The second kappa shape index (κ2) is 5.03. The topological polar surface area (TPSA) is 98.8 Å². The number of rotatable bonds is 2. The summed E-state index contributed by atoms with van der Waals surface area (Å²) < 4.78 is 0. The van der Waals surface area contributed by atoms with Crippen LogP contribution < -0.4 is 10.6 Å². The van der Waals surface area contributed by atoms with Crippen LogP contribution in [-0.2, 0) is 14.4 Å². The lowest BCUT2D eigenvalue weighted by Crippen LogP contribution is -2.45. The maximum atomic E-state index is 11.9. The average Bonchev–Trinajstić information content (AvgIpc) is 2.56. The molecule has 2 rings (SSSR count). The van der Waals surface area contributed by atoms with E-state index >= 15 is 0 Å². The van der Waals surface area contributed by atoms with E-state index in [2.05, 4.69) is 10.6 Å². The zero-order chi connectivity index (χ0) is 13.1. The molecule has 2 heterocycles. The molecule has 5 amide bonds. The van der Waals surface area contributed by atoms with Gasteiger partial charge in [0, 0.05) is 13.1 Å². The van der Waals surface area contributed by atoms with E-state index in [0.29, 0.717) is 19.5 Å². The first-order valence-electron chi connectivity index (χ1n) is 5.70. The Morgan fingerprint density at radius 3 is 2.67 bits per heavy atom.